The van der Waals surface area contributed by atoms with Crippen molar-refractivity contribution in [2.75, 3.05) is 12.9 Å². The van der Waals surface area contributed by atoms with E-state index in [0.29, 0.717) is 5.56 Å². The fourth-order valence-electron chi connectivity index (χ4n) is 4.33. The number of alkyl carbamates (subject to hydrolysis) is 1. The average Bonchev–Trinajstić information content (AvgIpc) is 3.03. The molecule has 266 valence electrons. The van der Waals surface area contributed by atoms with Gasteiger partial charge in [-0.3, -0.25) is 24.0 Å². The van der Waals surface area contributed by atoms with E-state index < -0.39 is 88.5 Å². The van der Waals surface area contributed by atoms with E-state index >= 15 is 0 Å². The van der Waals surface area contributed by atoms with Gasteiger partial charge in [0.25, 0.3) is 0 Å². The smallest absolute Gasteiger partial charge is 0.408 e. The Hall–Kier alpha value is -5.25. The van der Waals surface area contributed by atoms with Gasteiger partial charge < -0.3 is 35.8 Å². The summed E-state index contributed by atoms with van der Waals surface area (Å²) in [7, 11) is -3.64. The minimum absolute atomic E-state index is 0.0106. The first-order chi connectivity index (χ1) is 23.1. The van der Waals surface area contributed by atoms with Crippen molar-refractivity contribution in [3.05, 3.63) is 83.3 Å². The highest BCUT2D eigenvalue weighted by molar-refractivity contribution is 7.93. The van der Waals surface area contributed by atoms with Gasteiger partial charge in [-0.1, -0.05) is 80.6 Å². The van der Waals surface area contributed by atoms with Crippen LogP contribution in [0.5, 0.6) is 0 Å². The molecule has 2 aromatic carbocycles. The Labute approximate surface area is 284 Å². The van der Waals surface area contributed by atoms with Gasteiger partial charge in [-0.05, 0) is 24.0 Å². The number of carbonyl (C=O) groups is 6. The molecule has 0 aliphatic carbocycles. The van der Waals surface area contributed by atoms with Gasteiger partial charge in [-0.2, -0.15) is 0 Å². The molecule has 0 heterocycles. The van der Waals surface area contributed by atoms with E-state index in [2.05, 4.69) is 21.3 Å². The van der Waals surface area contributed by atoms with Crippen LogP contribution in [-0.4, -0.2) is 80.3 Å². The van der Waals surface area contributed by atoms with Crippen molar-refractivity contribution >= 4 is 45.6 Å². The van der Waals surface area contributed by atoms with Gasteiger partial charge in [0.2, 0.25) is 17.7 Å². The number of hydrogen-bond acceptors (Lipinski definition) is 10. The molecule has 16 heteroatoms. The third-order valence-corrected chi connectivity index (χ3v) is 7.36. The number of carboxylic acid groups (broad SMARTS) is 1. The van der Waals surface area contributed by atoms with Gasteiger partial charge in [0, 0.05) is 11.7 Å². The van der Waals surface area contributed by atoms with Gasteiger partial charge in [-0.25, -0.2) is 13.2 Å². The van der Waals surface area contributed by atoms with Crippen molar-refractivity contribution in [2.24, 2.45) is 5.92 Å². The number of rotatable bonds is 18. The van der Waals surface area contributed by atoms with Crippen molar-refractivity contribution in [3.63, 3.8) is 0 Å². The number of amides is 4. The lowest BCUT2D eigenvalue weighted by atomic mass is 10.00. The minimum Gasteiger partial charge on any atom is -0.481 e. The molecule has 0 radical (unpaired) electrons. The van der Waals surface area contributed by atoms with Crippen LogP contribution in [-0.2, 0) is 49.9 Å². The van der Waals surface area contributed by atoms with Crippen LogP contribution in [0.2, 0.25) is 0 Å². The van der Waals surface area contributed by atoms with Gasteiger partial charge in [0.1, 0.15) is 24.7 Å². The number of benzene rings is 2. The maximum Gasteiger partial charge on any atom is 0.408 e. The number of sulfone groups is 1. The van der Waals surface area contributed by atoms with Crippen molar-refractivity contribution in [2.45, 2.75) is 64.4 Å². The maximum atomic E-state index is 13.8. The number of aliphatic carboxylic acids is 1. The lowest BCUT2D eigenvalue weighted by Crippen LogP contribution is -2.56. The molecule has 0 unspecified atom stereocenters. The highest BCUT2D eigenvalue weighted by Crippen LogP contribution is 2.16. The Balaban J connectivity index is 2.31. The minimum atomic E-state index is -3.64. The van der Waals surface area contributed by atoms with Crippen molar-refractivity contribution in [1.82, 2.24) is 21.3 Å². The molecule has 0 saturated carbocycles. The number of nitrogens with one attached hydrogen (secondary N) is 4. The van der Waals surface area contributed by atoms with E-state index in [1.54, 1.807) is 69.3 Å². The molecule has 0 bridgehead atoms. The molecular formula is C33H42N4O11S. The summed E-state index contributed by atoms with van der Waals surface area (Å²) in [6.45, 7) is 4.68. The third kappa shape index (κ3) is 15.0. The molecule has 2 rings (SSSR count). The monoisotopic (exact) mass is 702 g/mol. The van der Waals surface area contributed by atoms with E-state index in [9.17, 15) is 42.3 Å². The number of hydrogen-bond donors (Lipinski definition) is 5. The summed E-state index contributed by atoms with van der Waals surface area (Å²) in [6, 6.07) is 11.2. The largest absolute Gasteiger partial charge is 0.481 e. The van der Waals surface area contributed by atoms with E-state index in [1.165, 1.54) is 12.1 Å². The Morgan fingerprint density at radius 2 is 1.41 bits per heavy atom. The van der Waals surface area contributed by atoms with Gasteiger partial charge in [-0.15, -0.1) is 0 Å². The molecule has 15 nitrogen and oxygen atoms in total. The third-order valence-electron chi connectivity index (χ3n) is 6.71. The molecule has 0 aliphatic rings. The lowest BCUT2D eigenvalue weighted by Gasteiger charge is -2.27. The lowest BCUT2D eigenvalue weighted by molar-refractivity contribution is -0.145. The second kappa shape index (κ2) is 19.5. The molecule has 0 aromatic heterocycles. The molecule has 5 N–H and O–H groups in total. The van der Waals surface area contributed by atoms with Crippen LogP contribution in [0.1, 0.15) is 50.8 Å². The first-order valence-corrected chi connectivity index (χ1v) is 17.2. The number of carbonyl (C=O) groups excluding carboxylic acids is 5. The second-order valence-electron chi connectivity index (χ2n) is 11.2. The van der Waals surface area contributed by atoms with Crippen LogP contribution in [0.3, 0.4) is 0 Å². The molecule has 49 heavy (non-hydrogen) atoms. The fraction of sp³-hybridized carbons (Fsp3) is 0.394. The van der Waals surface area contributed by atoms with Crippen LogP contribution in [0.4, 0.5) is 4.79 Å². The topological polar surface area (TPSA) is 223 Å². The van der Waals surface area contributed by atoms with Crippen LogP contribution >= 0.6 is 0 Å². The van der Waals surface area contributed by atoms with Crippen LogP contribution in [0.25, 0.3) is 0 Å². The number of ether oxygens (including phenoxy) is 2. The normalized spacial score (nSPS) is 13.7. The average molecular weight is 703 g/mol. The predicted octanol–water partition coefficient (Wildman–Crippen LogP) is 1.75. The first-order valence-electron chi connectivity index (χ1n) is 15.3. The number of carboxylic acids is 1. The predicted molar refractivity (Wildman–Crippen MR) is 177 cm³/mol. The van der Waals surface area contributed by atoms with E-state index in [1.807, 2.05) is 0 Å². The highest BCUT2D eigenvalue weighted by Gasteiger charge is 2.33. The van der Waals surface area contributed by atoms with Crippen molar-refractivity contribution in [1.29, 1.82) is 0 Å². The molecule has 2 aromatic rings. The summed E-state index contributed by atoms with van der Waals surface area (Å²) in [5, 5.41) is 19.9. The van der Waals surface area contributed by atoms with Crippen molar-refractivity contribution in [3.8, 4) is 0 Å². The second-order valence-corrected chi connectivity index (χ2v) is 13.2. The fourth-order valence-corrected chi connectivity index (χ4v) is 4.80. The highest BCUT2D eigenvalue weighted by atomic mass is 32.2. The zero-order valence-corrected chi connectivity index (χ0v) is 28.4. The van der Waals surface area contributed by atoms with Crippen LogP contribution in [0.15, 0.2) is 72.1 Å². The Morgan fingerprint density at radius 1 is 0.796 bits per heavy atom. The molecule has 0 fully saturated rings. The van der Waals surface area contributed by atoms with E-state index in [0.717, 1.165) is 17.7 Å². The zero-order chi connectivity index (χ0) is 36.6. The number of esters is 1. The summed E-state index contributed by atoms with van der Waals surface area (Å²) in [5.74, 6) is -5.27. The van der Waals surface area contributed by atoms with Gasteiger partial charge >= 0.3 is 18.0 Å². The maximum absolute atomic E-state index is 13.8. The summed E-state index contributed by atoms with van der Waals surface area (Å²) >= 11 is 0. The SMILES string of the molecule is CCOC(=O)C[C@H](NC(=O)OCc1ccccc1)C(=O)N[C@H](C(=O)N[C@H](C(=O)N[C@H](/C=C/S(C)(=O)=O)CC(=O)O)C(C)C)c1ccccc1. The van der Waals surface area contributed by atoms with Gasteiger partial charge in [0.05, 0.1) is 25.5 Å². The molecule has 0 saturated heterocycles. The Kier molecular flexibility index (Phi) is 15.9. The summed E-state index contributed by atoms with van der Waals surface area (Å²) in [6.07, 6.45) is -0.312. The Morgan fingerprint density at radius 3 is 1.96 bits per heavy atom. The van der Waals surface area contributed by atoms with E-state index in [-0.39, 0.29) is 18.8 Å². The molecule has 4 amide bonds. The van der Waals surface area contributed by atoms with Gasteiger partial charge in [0.15, 0.2) is 9.84 Å². The Bertz CT molecular complexity index is 1580. The molecule has 0 aliphatic heterocycles. The molecule has 0 spiro atoms. The van der Waals surface area contributed by atoms with Crippen LogP contribution in [0, 0.1) is 5.92 Å². The molecular weight excluding hydrogens is 660 g/mol. The molecule has 4 atom stereocenters. The zero-order valence-electron chi connectivity index (χ0n) is 27.6. The standard InChI is InChI=1S/C33H42N4O11S/c1-5-47-27(40)19-25(35-33(44)48-20-22-12-8-6-9-13-22)30(41)37-29(23-14-10-7-11-15-23)32(43)36-28(21(2)3)31(42)34-24(18-26(38)39)16-17-49(4,45)46/h6-17,21,24-25,28-29H,5,18-20H2,1-4H3,(H,34,42)(H,35,44)(H,36,43)(H,37,41)(H,38,39)/b17-16+/t24-,25+,28+,29+/m1/s1. The van der Waals surface area contributed by atoms with E-state index in [4.69, 9.17) is 9.47 Å². The van der Waals surface area contributed by atoms with Crippen molar-refractivity contribution < 1.29 is 51.8 Å². The quantitative estimate of drug-likeness (QED) is 0.141. The summed E-state index contributed by atoms with van der Waals surface area (Å²) < 4.78 is 33.3. The first kappa shape index (κ1) is 39.9. The van der Waals surface area contributed by atoms with Crippen LogP contribution < -0.4 is 21.3 Å². The summed E-state index contributed by atoms with van der Waals surface area (Å²) in [5.41, 5.74) is 0.965. The summed E-state index contributed by atoms with van der Waals surface area (Å²) in [4.78, 5) is 77.0.